The lowest BCUT2D eigenvalue weighted by Crippen LogP contribution is -2.14. The molecule has 0 saturated heterocycles. The van der Waals surface area contributed by atoms with Crippen LogP contribution in [0.25, 0.3) is 5.69 Å². The van der Waals surface area contributed by atoms with Crippen LogP contribution in [0.1, 0.15) is 22.8 Å². The van der Waals surface area contributed by atoms with Crippen LogP contribution in [-0.2, 0) is 16.1 Å². The van der Waals surface area contributed by atoms with Gasteiger partial charge in [-0.15, -0.1) is 0 Å². The summed E-state index contributed by atoms with van der Waals surface area (Å²) in [6.07, 6.45) is 1.97. The summed E-state index contributed by atoms with van der Waals surface area (Å²) in [7, 11) is 0. The quantitative estimate of drug-likeness (QED) is 0.652. The molecule has 3 rings (SSSR count). The maximum atomic E-state index is 14.4. The average molecular weight is 383 g/mol. The van der Waals surface area contributed by atoms with E-state index in [2.05, 4.69) is 10.4 Å². The molecule has 0 aliphatic rings. The first-order valence-electron chi connectivity index (χ1n) is 8.56. The Morgan fingerprint density at radius 3 is 2.64 bits per heavy atom. The number of carbonyl (C=O) groups excluding carboxylic acids is 2. The van der Waals surface area contributed by atoms with Gasteiger partial charge in [0.2, 0.25) is 0 Å². The van der Waals surface area contributed by atoms with E-state index < -0.39 is 17.9 Å². The number of amides is 1. The number of nitrogens with zero attached hydrogens (tertiary/aromatic N) is 2. The number of ether oxygens (including phenoxy) is 2. The van der Waals surface area contributed by atoms with E-state index >= 15 is 0 Å². The largest absolute Gasteiger partial charge is 0.462 e. The zero-order chi connectivity index (χ0) is 19.9. The number of hydrogen-bond acceptors (Lipinski definition) is 5. The molecule has 0 fully saturated rings. The van der Waals surface area contributed by atoms with Gasteiger partial charge in [0.25, 0.3) is 0 Å². The van der Waals surface area contributed by atoms with Crippen LogP contribution < -0.4 is 5.32 Å². The molecule has 7 nitrogen and oxygen atoms in total. The minimum Gasteiger partial charge on any atom is -0.462 e. The molecule has 1 N–H and O–H groups in total. The molecule has 2 aromatic carbocycles. The molecule has 0 saturated carbocycles. The van der Waals surface area contributed by atoms with Crippen molar-refractivity contribution in [1.82, 2.24) is 9.78 Å². The summed E-state index contributed by atoms with van der Waals surface area (Å²) in [6, 6.07) is 13.3. The summed E-state index contributed by atoms with van der Waals surface area (Å²) < 4.78 is 25.6. The molecule has 144 valence electrons. The molecule has 1 amide bonds. The lowest BCUT2D eigenvalue weighted by Gasteiger charge is -2.09. The zero-order valence-electron chi connectivity index (χ0n) is 15.1. The first kappa shape index (κ1) is 19.1. The van der Waals surface area contributed by atoms with Gasteiger partial charge in [0.15, 0.2) is 5.82 Å². The molecule has 8 heteroatoms. The fourth-order valence-electron chi connectivity index (χ4n) is 2.42. The van der Waals surface area contributed by atoms with Crippen molar-refractivity contribution in [3.8, 4) is 5.69 Å². The Morgan fingerprint density at radius 1 is 1.14 bits per heavy atom. The van der Waals surface area contributed by atoms with Crippen molar-refractivity contribution >= 4 is 17.7 Å². The van der Waals surface area contributed by atoms with E-state index in [1.54, 1.807) is 6.92 Å². The van der Waals surface area contributed by atoms with Crippen LogP contribution in [0.15, 0.2) is 60.9 Å². The molecule has 0 bridgehead atoms. The van der Waals surface area contributed by atoms with E-state index in [9.17, 15) is 14.0 Å². The van der Waals surface area contributed by atoms with Gasteiger partial charge in [-0.1, -0.05) is 30.3 Å². The third-order valence-corrected chi connectivity index (χ3v) is 3.75. The standard InChI is InChI=1S/C20H18FN3O4/c1-2-27-19(25)15-11-22-24(12-15)18-9-8-16(10-17(18)21)23-20(26)28-13-14-6-4-3-5-7-14/h3-12H,2,13H2,1H3,(H,23,26). The predicted octanol–water partition coefficient (Wildman–Crippen LogP) is 3.94. The number of rotatable bonds is 6. The zero-order valence-corrected chi connectivity index (χ0v) is 15.1. The summed E-state index contributed by atoms with van der Waals surface area (Å²) in [6.45, 7) is 2.04. The Hall–Kier alpha value is -3.68. The number of nitrogens with one attached hydrogen (secondary N) is 1. The molecule has 28 heavy (non-hydrogen) atoms. The van der Waals surface area contributed by atoms with E-state index in [4.69, 9.17) is 9.47 Å². The second-order valence-electron chi connectivity index (χ2n) is 5.75. The van der Waals surface area contributed by atoms with Crippen LogP contribution in [0.2, 0.25) is 0 Å². The van der Waals surface area contributed by atoms with Crippen molar-refractivity contribution in [1.29, 1.82) is 0 Å². The highest BCUT2D eigenvalue weighted by molar-refractivity contribution is 5.89. The van der Waals surface area contributed by atoms with Gasteiger partial charge < -0.3 is 9.47 Å². The number of hydrogen-bond donors (Lipinski definition) is 1. The smallest absolute Gasteiger partial charge is 0.411 e. The van der Waals surface area contributed by atoms with Crippen molar-refractivity contribution < 1.29 is 23.5 Å². The summed E-state index contributed by atoms with van der Waals surface area (Å²) in [5.41, 5.74) is 1.42. The van der Waals surface area contributed by atoms with Crippen molar-refractivity contribution in [2.24, 2.45) is 0 Å². The molecular formula is C20H18FN3O4. The minimum atomic E-state index is -0.695. The van der Waals surface area contributed by atoms with Gasteiger partial charge in [-0.3, -0.25) is 5.32 Å². The highest BCUT2D eigenvalue weighted by atomic mass is 19.1. The van der Waals surface area contributed by atoms with Crippen molar-refractivity contribution in [2.75, 3.05) is 11.9 Å². The van der Waals surface area contributed by atoms with Gasteiger partial charge in [0, 0.05) is 11.9 Å². The van der Waals surface area contributed by atoms with Gasteiger partial charge in [-0.05, 0) is 30.7 Å². The number of halogens is 1. The number of benzene rings is 2. The third-order valence-electron chi connectivity index (χ3n) is 3.75. The van der Waals surface area contributed by atoms with Crippen LogP contribution in [0.4, 0.5) is 14.9 Å². The maximum Gasteiger partial charge on any atom is 0.411 e. The highest BCUT2D eigenvalue weighted by Gasteiger charge is 2.13. The lowest BCUT2D eigenvalue weighted by molar-refractivity contribution is 0.0526. The topological polar surface area (TPSA) is 82.5 Å². The Morgan fingerprint density at radius 2 is 1.93 bits per heavy atom. The summed E-state index contributed by atoms with van der Waals surface area (Å²) >= 11 is 0. The van der Waals surface area contributed by atoms with Gasteiger partial charge in [-0.2, -0.15) is 5.10 Å². The van der Waals surface area contributed by atoms with Crippen LogP contribution in [0.5, 0.6) is 0 Å². The second-order valence-corrected chi connectivity index (χ2v) is 5.75. The first-order valence-corrected chi connectivity index (χ1v) is 8.56. The van der Waals surface area contributed by atoms with Gasteiger partial charge >= 0.3 is 12.1 Å². The van der Waals surface area contributed by atoms with Crippen molar-refractivity contribution in [3.63, 3.8) is 0 Å². The average Bonchev–Trinajstić information content (AvgIpc) is 3.17. The number of esters is 1. The SMILES string of the molecule is CCOC(=O)c1cnn(-c2ccc(NC(=O)OCc3ccccc3)cc2F)c1. The fraction of sp³-hybridized carbons (Fsp3) is 0.150. The van der Waals surface area contributed by atoms with E-state index in [1.165, 1.54) is 29.2 Å². The van der Waals surface area contributed by atoms with E-state index in [1.807, 2.05) is 30.3 Å². The Labute approximate surface area is 160 Å². The van der Waals surface area contributed by atoms with Crippen LogP contribution >= 0.6 is 0 Å². The highest BCUT2D eigenvalue weighted by Crippen LogP contribution is 2.19. The summed E-state index contributed by atoms with van der Waals surface area (Å²) in [5, 5.41) is 6.43. The maximum absolute atomic E-state index is 14.4. The molecule has 0 aliphatic heterocycles. The Kier molecular flexibility index (Phi) is 6.01. The second kappa shape index (κ2) is 8.81. The van der Waals surface area contributed by atoms with E-state index in [0.29, 0.717) is 0 Å². The van der Waals surface area contributed by atoms with Crippen LogP contribution in [-0.4, -0.2) is 28.4 Å². The Bertz CT molecular complexity index is 973. The number of anilines is 1. The summed E-state index contributed by atoms with van der Waals surface area (Å²) in [4.78, 5) is 23.6. The monoisotopic (exact) mass is 383 g/mol. The molecule has 0 atom stereocenters. The van der Waals surface area contributed by atoms with Crippen LogP contribution in [0, 0.1) is 5.82 Å². The normalized spacial score (nSPS) is 10.4. The van der Waals surface area contributed by atoms with Gasteiger partial charge in [-0.25, -0.2) is 18.7 Å². The van der Waals surface area contributed by atoms with Gasteiger partial charge in [0.05, 0.1) is 18.4 Å². The van der Waals surface area contributed by atoms with E-state index in [0.717, 1.165) is 11.6 Å². The molecule has 1 aromatic heterocycles. The minimum absolute atomic E-state index is 0.108. The van der Waals surface area contributed by atoms with Crippen LogP contribution in [0.3, 0.4) is 0 Å². The van der Waals surface area contributed by atoms with Crippen molar-refractivity contribution in [2.45, 2.75) is 13.5 Å². The molecule has 0 radical (unpaired) electrons. The Balaban J connectivity index is 1.64. The molecular weight excluding hydrogens is 365 g/mol. The molecule has 0 spiro atoms. The molecule has 3 aromatic rings. The number of carbonyl (C=O) groups is 2. The fourth-order valence-corrected chi connectivity index (χ4v) is 2.42. The molecule has 1 heterocycles. The summed E-state index contributed by atoms with van der Waals surface area (Å²) in [5.74, 6) is -1.16. The van der Waals surface area contributed by atoms with Gasteiger partial charge in [0.1, 0.15) is 12.3 Å². The number of aromatic nitrogens is 2. The predicted molar refractivity (Wildman–Crippen MR) is 99.7 cm³/mol. The first-order chi connectivity index (χ1) is 13.6. The molecule has 0 unspecified atom stereocenters. The lowest BCUT2D eigenvalue weighted by atomic mass is 10.2. The van der Waals surface area contributed by atoms with E-state index in [-0.39, 0.29) is 30.2 Å². The third kappa shape index (κ3) is 4.73. The van der Waals surface area contributed by atoms with Crippen molar-refractivity contribution in [3.05, 3.63) is 77.9 Å². The molecule has 0 aliphatic carbocycles.